The Morgan fingerprint density at radius 3 is 0.480 bits per heavy atom. The number of nitrogens with one attached hydrogen (secondary N) is 2. The summed E-state index contributed by atoms with van der Waals surface area (Å²) in [7, 11) is -130. The van der Waals surface area contributed by atoms with Crippen LogP contribution < -0.4 is 9.72 Å². The molecule has 0 heterocycles. The average Bonchev–Trinajstić information content (AvgIpc) is 0.867. The Hall–Kier alpha value is 4.25. The predicted octanol–water partition coefficient (Wildman–Crippen LogP) is -11.2. The molecule has 100 nitrogen and oxygen atoms in total. The molecule has 0 spiro atoms. The summed E-state index contributed by atoms with van der Waals surface area (Å²) in [6, 6.07) is 0. The number of carboxylic acids is 2. The van der Waals surface area contributed by atoms with Gasteiger partial charge in [-0.05, 0) is 0 Å². The van der Waals surface area contributed by atoms with Gasteiger partial charge in [0.2, 0.25) is 0 Å². The molecule has 0 saturated carbocycles. The molecule has 0 rings (SSSR count). The normalized spacial score (nSPS) is 16.5. The van der Waals surface area contributed by atoms with Crippen molar-refractivity contribution in [2.24, 2.45) is 0 Å². The Balaban J connectivity index is -0.0000000920. The molecule has 132 heteroatoms. The van der Waals surface area contributed by atoms with Crippen molar-refractivity contribution in [2.75, 3.05) is 88.0 Å². The standard InChI is InChI=1S/C2H5AsO5.2C2H9O8P3.C2H5O5P.CH6As2O6.CH6AsO6P.CH8NO8P3.2CH7O9P3.CH6O6P2.4CH5O3P.H5NO6P2.H5O10P3/c4-2(5)1-3(6,7)8;2*1-11(3,4)10-13(8,9)2-12(5,6)7;3-2(4)1-8(5,6)7;4-2(5,6)1-3(7,8)9;3-2(4,5)1-9(6,7)8;1-11(3,4)10-13(8,9)2-12(5,6)7;1-11(2,3)9-13(7,8)10-12(4,5)6;2-11(3,4)1-12(5,6)10-13(7,8)9;2-8(3,4)1-9(5,6)7;4*1-5(2,3)4;2-8(3,4)1-9(5,6)7;1-11(2,3)9-13(7,8)10-12(4,5)6/h1H2,(H,4,5)(H2,6,7,8);2*2H2,1H3,(H,3,4)(H,8,9)(H2,5,6,7);1H2,(H,3,4)(H2,5,6,7);1H2,(H2,4,5,6)(H2,7,8,9);1H2,(H2,3,4,5)(H2,6,7,8);1H3,(H,3,4)(H4,2,5,6,7,8,9);1H3,(H,2,3)(H,7,8)(H2,4,5,6);1H2,(H,5,6)(H2,2,3,4)(H2,7,8,9);1H2,(H2,2,3,4)(H2,5,6,7);4*1H3,(H2,2,3,4);(H5,1,2,3,4,5,6,7);(H,7,8)(H2,1,2,3)(H2,4,5,6). The molecule has 928 valence electrons. The van der Waals surface area contributed by atoms with Gasteiger partial charge in [-0.1, -0.05) is 0 Å². The van der Waals surface area contributed by atoms with Crippen molar-refractivity contribution < 1.29 is 455 Å². The molecule has 0 aliphatic rings. The fourth-order valence-corrected chi connectivity index (χ4v) is 39.5. The van der Waals surface area contributed by atoms with Gasteiger partial charge in [-0.2, -0.15) is 12.9 Å². The third-order valence-corrected chi connectivity index (χ3v) is 53.7. The summed E-state index contributed by atoms with van der Waals surface area (Å²) < 4.78 is 412. The van der Waals surface area contributed by atoms with Crippen molar-refractivity contribution in [2.45, 2.75) is 9.20 Å². The summed E-state index contributed by atoms with van der Waals surface area (Å²) in [6.07, 6.45) is -1.09. The molecule has 0 amide bonds. The van der Waals surface area contributed by atoms with Crippen LogP contribution in [0.2, 0.25) is 9.20 Å². The number of aliphatic carboxylic acids is 2. The quantitative estimate of drug-likeness (QED) is 0.0205. The van der Waals surface area contributed by atoms with E-state index in [1.54, 1.807) is 0 Å². The Bertz CT molecular complexity index is 4720. The van der Waals surface area contributed by atoms with Crippen LogP contribution in [-0.4, -0.2) is 425 Å². The Morgan fingerprint density at radius 2 is 0.400 bits per heavy atom. The number of carbonyl (C=O) groups is 2. The molecular formula is C18H98As4N2O98P28. The van der Waals surface area contributed by atoms with Gasteiger partial charge >= 0.3 is 369 Å². The summed E-state index contributed by atoms with van der Waals surface area (Å²) >= 11 is -20.1. The van der Waals surface area contributed by atoms with Gasteiger partial charge in [0.25, 0.3) is 0 Å². The molecule has 0 aromatic heterocycles. The fourth-order valence-electron chi connectivity index (χ4n) is 3.67. The first kappa shape index (κ1) is 190. The number of phosphoric acid groups is 6. The average molecular weight is 3080 g/mol. The van der Waals surface area contributed by atoms with Crippen LogP contribution in [-0.2, 0) is 187 Å². The molecular weight excluding hydrogens is 2980 g/mol. The third-order valence-electron chi connectivity index (χ3n) is 5.33. The summed E-state index contributed by atoms with van der Waals surface area (Å²) in [6.45, 7) is 5.83. The zero-order valence-corrected chi connectivity index (χ0v) is 105. The Morgan fingerprint density at radius 1 is 0.220 bits per heavy atom. The van der Waals surface area contributed by atoms with Gasteiger partial charge in [-0.15, -0.1) is 9.72 Å². The fraction of sp³-hybridized carbons (Fsp3) is 0.889. The first-order chi connectivity index (χ1) is 62.1. The zero-order chi connectivity index (χ0) is 128. The molecule has 58 N–H and O–H groups in total. The van der Waals surface area contributed by atoms with Crippen molar-refractivity contribution in [1.29, 1.82) is 0 Å². The monoisotopic (exact) mass is 3080 g/mol. The van der Waals surface area contributed by atoms with Gasteiger partial charge < -0.3 is 220 Å². The molecule has 150 heavy (non-hydrogen) atoms. The van der Waals surface area contributed by atoms with E-state index in [0.29, 0.717) is 26.7 Å². The van der Waals surface area contributed by atoms with E-state index in [9.17, 15) is 152 Å². The van der Waals surface area contributed by atoms with E-state index in [0.717, 1.165) is 36.4 Å². The van der Waals surface area contributed by atoms with E-state index < -0.39 is 327 Å². The molecule has 9 atom stereocenters. The van der Waals surface area contributed by atoms with E-state index in [4.69, 9.17) is 268 Å². The molecule has 9 unspecified atom stereocenters. The van der Waals surface area contributed by atoms with Crippen molar-refractivity contribution in [1.82, 2.24) is 9.72 Å². The molecule has 0 aromatic carbocycles. The van der Waals surface area contributed by atoms with Crippen molar-refractivity contribution >= 4 is 283 Å². The molecule has 0 radical (unpaired) electrons. The molecule has 0 fully saturated rings. The number of rotatable bonds is 36. The van der Waals surface area contributed by atoms with Crippen LogP contribution in [0.15, 0.2) is 0 Å². The molecule has 0 bridgehead atoms. The van der Waals surface area contributed by atoms with Gasteiger partial charge in [0.05, 0.1) is 0 Å². The number of hydrogen-bond donors (Lipinski definition) is 58. The van der Waals surface area contributed by atoms with E-state index in [-0.39, 0.29) is 0 Å². The van der Waals surface area contributed by atoms with Crippen LogP contribution >= 0.6 is 215 Å². The predicted molar refractivity (Wildman–Crippen MR) is 475 cm³/mol. The second-order valence-electron chi connectivity index (χ2n) is 23.6. The van der Waals surface area contributed by atoms with Gasteiger partial charge in [0.1, 0.15) is 6.16 Å². The van der Waals surface area contributed by atoms with Crippen LogP contribution in [0.5, 0.6) is 0 Å². The molecule has 0 aromatic rings. The second-order valence-corrected chi connectivity index (χ2v) is 89.2. The van der Waals surface area contributed by atoms with Gasteiger partial charge in [-0.3, -0.25) is 82.4 Å². The van der Waals surface area contributed by atoms with E-state index in [1.165, 1.54) is 0 Å². The van der Waals surface area contributed by atoms with Crippen molar-refractivity contribution in [3.63, 3.8) is 0 Å². The maximum atomic E-state index is 10.8. The van der Waals surface area contributed by atoms with Crippen LogP contribution in [0.25, 0.3) is 0 Å². The van der Waals surface area contributed by atoms with Crippen LogP contribution in [0.1, 0.15) is 0 Å². The molecule has 0 aliphatic heterocycles. The van der Waals surface area contributed by atoms with Crippen molar-refractivity contribution in [3.8, 4) is 0 Å². The zero-order valence-electron chi connectivity index (χ0n) is 72.2. The first-order valence-corrected chi connectivity index (χ1v) is 94.8. The van der Waals surface area contributed by atoms with Gasteiger partial charge in [0, 0.05) is 53.3 Å². The minimum absolute atomic E-state index is 0.554. The summed E-state index contributed by atoms with van der Waals surface area (Å²) in [4.78, 5) is 391. The van der Waals surface area contributed by atoms with Crippen LogP contribution in [0.3, 0.4) is 0 Å². The van der Waals surface area contributed by atoms with E-state index in [1.807, 2.05) is 0 Å². The van der Waals surface area contributed by atoms with E-state index >= 15 is 0 Å². The minimum atomic E-state index is -5.46. The second kappa shape index (κ2) is 73.2. The SMILES string of the molecule is CP(=O)(O)O.CP(=O)(O)O.CP(=O)(O)O.CP(=O)(O)O.CP(=O)(O)OP(=O)(O)CP(=O)(O)O.CP(=O)(O)OP(=O)(O)CP(=O)(O)O.CP(=O)(O)OP(=O)(O)NP(=O)(O)O.CP(=O)(O)OP(=O)(O)OP(=O)(O)O.O=C(O)CP(=O)(O)O.O=C(O)C[As](=O)(O)O.O=P(O)(O)CP(=O)(O)O.O=P(O)(O)CP(=O)(O)OP(=O)(O)O.O=P(O)(O)C[As](=O)(O)O.O=P(O)(O)NP(=O)(O)O.O=P(O)(O)OP(=O)(O)OP(=O)(O)O.O=[As](O)(O)C[As](=O)(O)O. The molecule has 0 saturated heterocycles. The van der Waals surface area contributed by atoms with Crippen LogP contribution in [0, 0.1) is 0 Å². The summed E-state index contributed by atoms with van der Waals surface area (Å²) in [5.41, 5.74) is 0. The third kappa shape index (κ3) is 287. The maximum absolute atomic E-state index is 10.8. The molecule has 0 aliphatic carbocycles. The van der Waals surface area contributed by atoms with Crippen molar-refractivity contribution in [3.05, 3.63) is 0 Å². The number of carboxylic acid groups (broad SMARTS) is 2. The van der Waals surface area contributed by atoms with Crippen LogP contribution in [0.4, 0.5) is 0 Å². The topological polar surface area (TPSA) is 1810 Å². The summed E-state index contributed by atoms with van der Waals surface area (Å²) in [5, 5.41) is 14.5. The first-order valence-electron chi connectivity index (χ1n) is 30.0. The van der Waals surface area contributed by atoms with Gasteiger partial charge in [-0.25, -0.2) is 67.2 Å². The Labute approximate surface area is 840 Å². The van der Waals surface area contributed by atoms with E-state index in [2.05, 4.69) is 34.5 Å². The number of hydrogen-bond acceptors (Lipinski definition) is 42. The van der Waals surface area contributed by atoms with Gasteiger partial charge in [0.15, 0.2) is 23.6 Å². The summed E-state index contributed by atoms with van der Waals surface area (Å²) in [5.74, 6) is -8.90. The Kier molecular flexibility index (Phi) is 92.5.